The quantitative estimate of drug-likeness (QED) is 0.641. The fourth-order valence-corrected chi connectivity index (χ4v) is 2.90. The maximum Gasteiger partial charge on any atom is 0.191 e. The number of hydrogen-bond acceptors (Lipinski definition) is 3. The highest BCUT2D eigenvalue weighted by Crippen LogP contribution is 2.16. The Morgan fingerprint density at radius 1 is 1.29 bits per heavy atom. The minimum absolute atomic E-state index is 0.383. The molecule has 0 aliphatic rings. The molecular weight excluding hydrogens is 286 g/mol. The van der Waals surface area contributed by atoms with Gasteiger partial charge in [-0.25, -0.2) is 8.42 Å². The predicted octanol–water partition coefficient (Wildman–Crippen LogP) is 1.72. The Morgan fingerprint density at radius 2 is 1.95 bits per heavy atom. The van der Waals surface area contributed by atoms with Gasteiger partial charge in [0.05, 0.1) is 4.90 Å². The van der Waals surface area contributed by atoms with E-state index in [2.05, 4.69) is 29.5 Å². The minimum atomic E-state index is -3.16. The third-order valence-electron chi connectivity index (χ3n) is 3.00. The topological polar surface area (TPSA) is 70.6 Å². The average molecular weight is 311 g/mol. The van der Waals surface area contributed by atoms with Crippen molar-refractivity contribution >= 4 is 15.8 Å². The van der Waals surface area contributed by atoms with Crippen LogP contribution in [0.5, 0.6) is 0 Å². The van der Waals surface area contributed by atoms with E-state index in [0.29, 0.717) is 17.4 Å². The molecule has 118 valence electrons. The molecule has 0 radical (unpaired) electrons. The molecule has 1 rings (SSSR count). The van der Waals surface area contributed by atoms with Gasteiger partial charge in [0, 0.05) is 26.4 Å². The second-order valence-corrected chi connectivity index (χ2v) is 7.56. The molecule has 0 spiro atoms. The van der Waals surface area contributed by atoms with Gasteiger partial charge in [-0.1, -0.05) is 26.0 Å². The summed E-state index contributed by atoms with van der Waals surface area (Å²) < 4.78 is 23.2. The minimum Gasteiger partial charge on any atom is -0.356 e. The molecule has 0 saturated heterocycles. The van der Waals surface area contributed by atoms with Crippen molar-refractivity contribution in [1.29, 1.82) is 0 Å². The molecule has 1 aromatic rings. The van der Waals surface area contributed by atoms with Crippen LogP contribution >= 0.6 is 0 Å². The van der Waals surface area contributed by atoms with Gasteiger partial charge >= 0.3 is 0 Å². The number of sulfone groups is 1. The van der Waals surface area contributed by atoms with Crippen molar-refractivity contribution in [3.63, 3.8) is 0 Å². The van der Waals surface area contributed by atoms with Gasteiger partial charge < -0.3 is 10.6 Å². The number of benzene rings is 1. The van der Waals surface area contributed by atoms with E-state index < -0.39 is 9.84 Å². The Balaban J connectivity index is 2.70. The van der Waals surface area contributed by atoms with Gasteiger partial charge in [0.25, 0.3) is 0 Å². The molecule has 0 saturated carbocycles. The van der Waals surface area contributed by atoms with Gasteiger partial charge in [0.15, 0.2) is 15.8 Å². The van der Waals surface area contributed by atoms with Crippen LogP contribution in [0.25, 0.3) is 0 Å². The third kappa shape index (κ3) is 5.75. The number of nitrogens with zero attached hydrogens (tertiary/aromatic N) is 1. The Kier molecular flexibility index (Phi) is 6.20. The SMILES string of the molecule is CN=C(NCc1ccc(S(C)(=O)=O)c(C)c1)NCC(C)C. The summed E-state index contributed by atoms with van der Waals surface area (Å²) in [5, 5.41) is 6.45. The first-order valence-electron chi connectivity index (χ1n) is 6.98. The molecule has 0 heterocycles. The molecule has 5 nitrogen and oxygen atoms in total. The number of nitrogens with one attached hydrogen (secondary N) is 2. The van der Waals surface area contributed by atoms with Crippen LogP contribution in [0.15, 0.2) is 28.1 Å². The summed E-state index contributed by atoms with van der Waals surface area (Å²) in [6.45, 7) is 7.53. The number of aliphatic imine (C=N–C) groups is 1. The second-order valence-electron chi connectivity index (χ2n) is 5.57. The van der Waals surface area contributed by atoms with Crippen molar-refractivity contribution in [2.45, 2.75) is 32.2 Å². The summed E-state index contributed by atoms with van der Waals surface area (Å²) in [5.74, 6) is 1.29. The van der Waals surface area contributed by atoms with Gasteiger partial charge in [0.2, 0.25) is 0 Å². The maximum absolute atomic E-state index is 11.6. The molecule has 0 unspecified atom stereocenters. The normalized spacial score (nSPS) is 12.6. The second kappa shape index (κ2) is 7.45. The molecule has 21 heavy (non-hydrogen) atoms. The summed E-state index contributed by atoms with van der Waals surface area (Å²) in [6, 6.07) is 5.37. The lowest BCUT2D eigenvalue weighted by molar-refractivity contribution is 0.601. The van der Waals surface area contributed by atoms with Crippen LogP contribution in [0.4, 0.5) is 0 Å². The van der Waals surface area contributed by atoms with Crippen LogP contribution in [0, 0.1) is 12.8 Å². The summed E-state index contributed by atoms with van der Waals surface area (Å²) in [7, 11) is -1.43. The number of rotatable bonds is 5. The van der Waals surface area contributed by atoms with E-state index in [-0.39, 0.29) is 0 Å². The number of hydrogen-bond donors (Lipinski definition) is 2. The Labute approximate surface area is 127 Å². The monoisotopic (exact) mass is 311 g/mol. The molecule has 1 aromatic carbocycles. The van der Waals surface area contributed by atoms with Gasteiger partial charge in [-0.3, -0.25) is 4.99 Å². The lowest BCUT2D eigenvalue weighted by Gasteiger charge is -2.14. The van der Waals surface area contributed by atoms with Gasteiger partial charge in [-0.15, -0.1) is 0 Å². The highest BCUT2D eigenvalue weighted by molar-refractivity contribution is 7.90. The van der Waals surface area contributed by atoms with E-state index >= 15 is 0 Å². The lowest BCUT2D eigenvalue weighted by atomic mass is 10.1. The number of aryl methyl sites for hydroxylation is 1. The van der Waals surface area contributed by atoms with E-state index in [1.165, 1.54) is 6.26 Å². The van der Waals surface area contributed by atoms with E-state index in [0.717, 1.165) is 23.6 Å². The summed E-state index contributed by atoms with van der Waals surface area (Å²) in [6.07, 6.45) is 1.23. The summed E-state index contributed by atoms with van der Waals surface area (Å²) in [4.78, 5) is 4.54. The van der Waals surface area contributed by atoms with E-state index in [9.17, 15) is 8.42 Å². The van der Waals surface area contributed by atoms with Crippen molar-refractivity contribution in [2.24, 2.45) is 10.9 Å². The molecule has 0 aromatic heterocycles. The van der Waals surface area contributed by atoms with Crippen molar-refractivity contribution in [3.8, 4) is 0 Å². The van der Waals surface area contributed by atoms with Crippen LogP contribution in [0.2, 0.25) is 0 Å². The van der Waals surface area contributed by atoms with E-state index in [4.69, 9.17) is 0 Å². The van der Waals surface area contributed by atoms with Crippen LogP contribution in [-0.2, 0) is 16.4 Å². The van der Waals surface area contributed by atoms with Crippen molar-refractivity contribution in [1.82, 2.24) is 10.6 Å². The van der Waals surface area contributed by atoms with Crippen LogP contribution in [0.1, 0.15) is 25.0 Å². The molecule has 6 heteroatoms. The van der Waals surface area contributed by atoms with E-state index in [1.807, 2.05) is 19.1 Å². The molecule has 0 aliphatic heterocycles. The van der Waals surface area contributed by atoms with Crippen LogP contribution in [0.3, 0.4) is 0 Å². The largest absolute Gasteiger partial charge is 0.356 e. The first-order chi connectivity index (χ1) is 9.74. The van der Waals surface area contributed by atoms with Crippen molar-refractivity contribution in [3.05, 3.63) is 29.3 Å². The zero-order valence-corrected chi connectivity index (χ0v) is 14.2. The van der Waals surface area contributed by atoms with Crippen LogP contribution < -0.4 is 10.6 Å². The Morgan fingerprint density at radius 3 is 2.43 bits per heavy atom. The number of guanidine groups is 1. The molecule has 0 amide bonds. The van der Waals surface area contributed by atoms with E-state index in [1.54, 1.807) is 13.1 Å². The van der Waals surface area contributed by atoms with Gasteiger partial charge in [0.1, 0.15) is 0 Å². The zero-order chi connectivity index (χ0) is 16.0. The fourth-order valence-electron chi connectivity index (χ4n) is 1.94. The highest BCUT2D eigenvalue weighted by atomic mass is 32.2. The molecule has 0 fully saturated rings. The predicted molar refractivity (Wildman–Crippen MR) is 87.3 cm³/mol. The first kappa shape index (κ1) is 17.5. The lowest BCUT2D eigenvalue weighted by Crippen LogP contribution is -2.38. The standard InChI is InChI=1S/C15H25N3O2S/c1-11(2)9-17-15(16-4)18-10-13-6-7-14(12(3)8-13)21(5,19)20/h6-8,11H,9-10H2,1-5H3,(H2,16,17,18). The Hall–Kier alpha value is -1.56. The smallest absolute Gasteiger partial charge is 0.191 e. The maximum atomic E-state index is 11.6. The third-order valence-corrected chi connectivity index (χ3v) is 4.26. The molecule has 0 bridgehead atoms. The highest BCUT2D eigenvalue weighted by Gasteiger charge is 2.10. The Bertz CT molecular complexity index is 607. The summed E-state index contributed by atoms with van der Waals surface area (Å²) >= 11 is 0. The zero-order valence-electron chi connectivity index (χ0n) is 13.4. The molecular formula is C15H25N3O2S. The molecule has 0 aliphatic carbocycles. The summed E-state index contributed by atoms with van der Waals surface area (Å²) in [5.41, 5.74) is 1.79. The van der Waals surface area contributed by atoms with Crippen LogP contribution in [-0.4, -0.2) is 34.2 Å². The fraction of sp³-hybridized carbons (Fsp3) is 0.533. The van der Waals surface area contributed by atoms with Gasteiger partial charge in [-0.05, 0) is 30.0 Å². The molecule has 0 atom stereocenters. The first-order valence-corrected chi connectivity index (χ1v) is 8.87. The van der Waals surface area contributed by atoms with Crippen molar-refractivity contribution < 1.29 is 8.42 Å². The average Bonchev–Trinajstić information content (AvgIpc) is 2.37. The van der Waals surface area contributed by atoms with Crippen molar-refractivity contribution in [2.75, 3.05) is 19.8 Å². The molecule has 2 N–H and O–H groups in total. The van der Waals surface area contributed by atoms with Gasteiger partial charge in [-0.2, -0.15) is 0 Å².